The second-order valence-electron chi connectivity index (χ2n) is 8.16. The van der Waals surface area contributed by atoms with Crippen molar-refractivity contribution >= 4 is 11.7 Å². The first kappa shape index (κ1) is 22.5. The molecule has 0 spiro atoms. The van der Waals surface area contributed by atoms with Crippen LogP contribution in [-0.2, 0) is 22.5 Å². The number of aliphatic carboxylic acids is 1. The smallest absolute Gasteiger partial charge is 0.341 e. The zero-order valence-corrected chi connectivity index (χ0v) is 18.5. The first-order valence-corrected chi connectivity index (χ1v) is 11.3. The zero-order chi connectivity index (χ0) is 22.9. The highest BCUT2D eigenvalue weighted by atomic mass is 16.6. The Morgan fingerprint density at radius 3 is 2.76 bits per heavy atom. The van der Waals surface area contributed by atoms with E-state index in [1.807, 2.05) is 42.5 Å². The minimum Gasteiger partial charge on any atom is -0.482 e. The van der Waals surface area contributed by atoms with Crippen LogP contribution in [0, 0.1) is 0 Å². The van der Waals surface area contributed by atoms with Crippen LogP contribution < -0.4 is 4.74 Å². The summed E-state index contributed by atoms with van der Waals surface area (Å²) in [5.74, 6) is 0.0553. The van der Waals surface area contributed by atoms with Gasteiger partial charge in [0.1, 0.15) is 12.4 Å². The molecule has 0 aliphatic heterocycles. The number of nitrogens with zero attached hydrogens (tertiary/aromatic N) is 2. The lowest BCUT2D eigenvalue weighted by atomic mass is 9.81. The fourth-order valence-corrected chi connectivity index (χ4v) is 4.32. The Kier molecular flexibility index (Phi) is 7.69. The molecule has 2 aromatic carbocycles. The highest BCUT2D eigenvalue weighted by Gasteiger charge is 2.23. The molecular weight excluding hydrogens is 416 g/mol. The molecule has 1 aliphatic rings. The van der Waals surface area contributed by atoms with Crippen molar-refractivity contribution in [2.24, 2.45) is 5.16 Å². The summed E-state index contributed by atoms with van der Waals surface area (Å²) >= 11 is 0. The van der Waals surface area contributed by atoms with Gasteiger partial charge in [-0.15, -0.1) is 0 Å². The Bertz CT molecular complexity index is 1080. The van der Waals surface area contributed by atoms with Crippen molar-refractivity contribution in [1.29, 1.82) is 0 Å². The Balaban J connectivity index is 1.42. The topological polar surface area (TPSA) is 81.0 Å². The lowest BCUT2D eigenvalue weighted by molar-refractivity contribution is -0.139. The van der Waals surface area contributed by atoms with Gasteiger partial charge in [0.25, 0.3) is 0 Å². The van der Waals surface area contributed by atoms with Crippen LogP contribution in [0.5, 0.6) is 5.75 Å². The molecule has 4 rings (SSSR count). The van der Waals surface area contributed by atoms with Gasteiger partial charge in [-0.1, -0.05) is 47.6 Å². The van der Waals surface area contributed by atoms with Crippen LogP contribution in [0.1, 0.15) is 47.4 Å². The molecule has 1 aromatic heterocycles. The van der Waals surface area contributed by atoms with Crippen molar-refractivity contribution in [3.05, 3.63) is 95.3 Å². The van der Waals surface area contributed by atoms with Crippen LogP contribution in [0.4, 0.5) is 0 Å². The minimum atomic E-state index is -0.967. The number of hydrogen-bond donors (Lipinski definition) is 1. The van der Waals surface area contributed by atoms with Crippen molar-refractivity contribution in [1.82, 2.24) is 4.98 Å². The zero-order valence-electron chi connectivity index (χ0n) is 18.5. The number of rotatable bonds is 10. The molecule has 6 nitrogen and oxygen atoms in total. The third-order valence-corrected chi connectivity index (χ3v) is 5.88. The maximum atomic E-state index is 10.9. The summed E-state index contributed by atoms with van der Waals surface area (Å²) in [4.78, 5) is 20.9. The maximum Gasteiger partial charge on any atom is 0.341 e. The SMILES string of the molecule is O=C(O)COc1cccc2c1CCCC2CCO/N=C(/Cc1ccccc1)c1cccnc1. The number of benzene rings is 2. The van der Waals surface area contributed by atoms with E-state index in [0.29, 0.717) is 24.7 Å². The van der Waals surface area contributed by atoms with Crippen molar-refractivity contribution < 1.29 is 19.5 Å². The molecule has 1 unspecified atom stereocenters. The lowest BCUT2D eigenvalue weighted by Gasteiger charge is -2.26. The van der Waals surface area contributed by atoms with Gasteiger partial charge >= 0.3 is 5.97 Å². The Morgan fingerprint density at radius 1 is 1.09 bits per heavy atom. The minimum absolute atomic E-state index is 0.322. The van der Waals surface area contributed by atoms with Gasteiger partial charge in [-0.25, -0.2) is 4.79 Å². The maximum absolute atomic E-state index is 10.9. The summed E-state index contributed by atoms with van der Waals surface area (Å²) in [6, 6.07) is 20.0. The molecule has 0 amide bonds. The van der Waals surface area contributed by atoms with Gasteiger partial charge in [0.05, 0.1) is 5.71 Å². The van der Waals surface area contributed by atoms with Crippen LogP contribution in [0.15, 0.2) is 78.2 Å². The molecule has 1 atom stereocenters. The van der Waals surface area contributed by atoms with E-state index in [1.54, 1.807) is 12.4 Å². The lowest BCUT2D eigenvalue weighted by Crippen LogP contribution is -2.15. The largest absolute Gasteiger partial charge is 0.482 e. The Hall–Kier alpha value is -3.67. The number of hydrogen-bond acceptors (Lipinski definition) is 5. The molecule has 1 aliphatic carbocycles. The van der Waals surface area contributed by atoms with Crippen molar-refractivity contribution in [2.45, 2.75) is 38.0 Å². The second kappa shape index (κ2) is 11.3. The summed E-state index contributed by atoms with van der Waals surface area (Å²) in [6.07, 6.45) is 8.09. The van der Waals surface area contributed by atoms with E-state index in [4.69, 9.17) is 14.7 Å². The standard InChI is InChI=1S/C27H28N2O4/c30-27(31)19-32-26-13-5-11-23-21(9-4-12-24(23)26)14-16-33-29-25(22-10-6-15-28-18-22)17-20-7-2-1-3-8-20/h1-3,5-8,10-11,13,15,18,21H,4,9,12,14,16-17,19H2,(H,30,31)/b29-25-. The van der Waals surface area contributed by atoms with Gasteiger partial charge < -0.3 is 14.7 Å². The predicted molar refractivity (Wildman–Crippen MR) is 127 cm³/mol. The molecule has 0 saturated carbocycles. The van der Waals surface area contributed by atoms with E-state index < -0.39 is 5.97 Å². The van der Waals surface area contributed by atoms with E-state index >= 15 is 0 Å². The number of oxime groups is 1. The molecule has 3 aromatic rings. The summed E-state index contributed by atoms with van der Waals surface area (Å²) in [6.45, 7) is 0.181. The number of pyridine rings is 1. The number of carbonyl (C=O) groups is 1. The van der Waals surface area contributed by atoms with E-state index in [-0.39, 0.29) is 6.61 Å². The number of aromatic nitrogens is 1. The second-order valence-corrected chi connectivity index (χ2v) is 8.16. The average Bonchev–Trinajstić information content (AvgIpc) is 2.85. The molecule has 0 saturated heterocycles. The monoisotopic (exact) mass is 444 g/mol. The third kappa shape index (κ3) is 6.19. The van der Waals surface area contributed by atoms with Crippen molar-refractivity contribution in [3.63, 3.8) is 0 Å². The Morgan fingerprint density at radius 2 is 1.97 bits per heavy atom. The summed E-state index contributed by atoms with van der Waals surface area (Å²) in [5.41, 5.74) is 5.32. The van der Waals surface area contributed by atoms with Gasteiger partial charge in [-0.2, -0.15) is 0 Å². The fourth-order valence-electron chi connectivity index (χ4n) is 4.32. The van der Waals surface area contributed by atoms with E-state index in [9.17, 15) is 4.79 Å². The molecule has 0 fully saturated rings. The molecule has 1 heterocycles. The van der Waals surface area contributed by atoms with Gasteiger partial charge in [-0.05, 0) is 66.5 Å². The fraction of sp³-hybridized carbons (Fsp3) is 0.296. The summed E-state index contributed by atoms with van der Waals surface area (Å²) in [5, 5.41) is 13.4. The van der Waals surface area contributed by atoms with Crippen LogP contribution in [0.3, 0.4) is 0 Å². The van der Waals surface area contributed by atoms with Crippen molar-refractivity contribution in [2.75, 3.05) is 13.2 Å². The van der Waals surface area contributed by atoms with Gasteiger partial charge in [0, 0.05) is 24.4 Å². The first-order valence-electron chi connectivity index (χ1n) is 11.3. The molecule has 33 heavy (non-hydrogen) atoms. The normalized spacial score (nSPS) is 15.5. The number of carboxylic acid groups (broad SMARTS) is 1. The van der Waals surface area contributed by atoms with E-state index in [2.05, 4.69) is 28.3 Å². The highest BCUT2D eigenvalue weighted by molar-refractivity contribution is 6.01. The summed E-state index contributed by atoms with van der Waals surface area (Å²) in [7, 11) is 0. The number of fused-ring (bicyclic) bond motifs is 1. The molecule has 0 bridgehead atoms. The molecule has 1 N–H and O–H groups in total. The number of carboxylic acids is 1. The van der Waals surface area contributed by atoms with E-state index in [0.717, 1.165) is 42.5 Å². The van der Waals surface area contributed by atoms with Gasteiger partial charge in [0.2, 0.25) is 0 Å². The Labute approximate surface area is 193 Å². The number of ether oxygens (including phenoxy) is 1. The van der Waals surface area contributed by atoms with Gasteiger partial charge in [-0.3, -0.25) is 4.98 Å². The van der Waals surface area contributed by atoms with Crippen LogP contribution in [0.25, 0.3) is 0 Å². The van der Waals surface area contributed by atoms with Crippen LogP contribution in [-0.4, -0.2) is 35.0 Å². The molecule has 0 radical (unpaired) electrons. The van der Waals surface area contributed by atoms with E-state index in [1.165, 1.54) is 11.1 Å². The first-order chi connectivity index (χ1) is 16.2. The van der Waals surface area contributed by atoms with Crippen molar-refractivity contribution in [3.8, 4) is 5.75 Å². The average molecular weight is 445 g/mol. The molecular formula is C27H28N2O4. The van der Waals surface area contributed by atoms with Gasteiger partial charge in [0.15, 0.2) is 6.61 Å². The molecule has 170 valence electrons. The third-order valence-electron chi connectivity index (χ3n) is 5.88. The van der Waals surface area contributed by atoms with Crippen LogP contribution in [0.2, 0.25) is 0 Å². The highest BCUT2D eigenvalue weighted by Crippen LogP contribution is 2.38. The molecule has 6 heteroatoms. The quantitative estimate of drug-likeness (QED) is 0.270. The summed E-state index contributed by atoms with van der Waals surface area (Å²) < 4.78 is 5.52. The van der Waals surface area contributed by atoms with Crippen LogP contribution >= 0.6 is 0 Å². The predicted octanol–water partition coefficient (Wildman–Crippen LogP) is 5.02.